The molecule has 0 aliphatic rings. The van der Waals surface area contributed by atoms with E-state index in [-0.39, 0.29) is 48.4 Å². The second-order valence-corrected chi connectivity index (χ2v) is 15.2. The quantitative estimate of drug-likeness (QED) is 0.0619. The summed E-state index contributed by atoms with van der Waals surface area (Å²) in [7, 11) is -8.81. The Morgan fingerprint density at radius 1 is 0.532 bits per heavy atom. The van der Waals surface area contributed by atoms with Crippen LogP contribution in [0.25, 0.3) is 0 Å². The molecule has 0 saturated heterocycles. The van der Waals surface area contributed by atoms with Crippen LogP contribution in [0.15, 0.2) is 46.2 Å². The molecule has 0 unspecified atom stereocenters. The molecule has 8 nitrogen and oxygen atoms in total. The molecule has 0 aromatic heterocycles. The number of hydrogen-bond acceptors (Lipinski definition) is 7. The fourth-order valence-electron chi connectivity index (χ4n) is 5.49. The van der Waals surface area contributed by atoms with Crippen molar-refractivity contribution < 1.29 is 36.2 Å². The summed E-state index contributed by atoms with van der Waals surface area (Å²) < 4.78 is 64.2. The molecule has 11 heteroatoms. The first-order chi connectivity index (χ1) is 21.9. The van der Waals surface area contributed by atoms with Crippen LogP contribution in [0, 0.1) is 0 Å². The molecule has 0 aliphatic heterocycles. The summed E-state index contributed by atoms with van der Waals surface area (Å²) in [6, 6.07) is 7.70. The van der Waals surface area contributed by atoms with Crippen molar-refractivity contribution in [3.8, 4) is 11.5 Å². The van der Waals surface area contributed by atoms with E-state index in [0.717, 1.165) is 49.8 Å². The van der Waals surface area contributed by atoms with Crippen LogP contribution in [0.4, 0.5) is 0 Å². The molecule has 2 N–H and O–H groups in total. The van der Waals surface area contributed by atoms with E-state index in [9.17, 15) is 31.6 Å². The molecular formula is C36H58CaO8S2. The van der Waals surface area contributed by atoms with Gasteiger partial charge in [0.05, 0.1) is 9.79 Å². The largest absolute Gasteiger partial charge is 2.00 e. The molecule has 0 atom stereocenters. The van der Waals surface area contributed by atoms with Gasteiger partial charge in [0, 0.05) is 6.07 Å². The number of phenols is 1. The van der Waals surface area contributed by atoms with Crippen molar-refractivity contribution >= 4 is 58.0 Å². The van der Waals surface area contributed by atoms with Crippen LogP contribution in [0.2, 0.25) is 0 Å². The van der Waals surface area contributed by atoms with Crippen molar-refractivity contribution in [3.05, 3.63) is 47.5 Å². The Balaban J connectivity index is 0.000000882. The second kappa shape index (κ2) is 26.9. The van der Waals surface area contributed by atoms with E-state index in [2.05, 4.69) is 13.8 Å². The first kappa shape index (κ1) is 46.1. The molecule has 264 valence electrons. The average Bonchev–Trinajstić information content (AvgIpc) is 2.98. The fourth-order valence-corrected chi connectivity index (χ4v) is 6.62. The molecule has 0 saturated carbocycles. The van der Waals surface area contributed by atoms with Gasteiger partial charge in [-0.2, -0.15) is 8.42 Å². The molecule has 0 spiro atoms. The topological polar surface area (TPSA) is 155 Å². The van der Waals surface area contributed by atoms with E-state index in [0.29, 0.717) is 18.4 Å². The van der Waals surface area contributed by atoms with Crippen LogP contribution in [0.1, 0.15) is 153 Å². The zero-order valence-corrected chi connectivity index (χ0v) is 32.7. The van der Waals surface area contributed by atoms with Gasteiger partial charge in [0.1, 0.15) is 15.9 Å². The number of aryl methyl sites for hydroxylation is 2. The van der Waals surface area contributed by atoms with Gasteiger partial charge in [0.2, 0.25) is 0 Å². The normalized spacial score (nSPS) is 11.5. The van der Waals surface area contributed by atoms with Crippen molar-refractivity contribution in [1.82, 2.24) is 0 Å². The van der Waals surface area contributed by atoms with E-state index >= 15 is 0 Å². The van der Waals surface area contributed by atoms with Crippen LogP contribution >= 0.6 is 0 Å². The Morgan fingerprint density at radius 2 is 0.894 bits per heavy atom. The first-order valence-corrected chi connectivity index (χ1v) is 20.3. The van der Waals surface area contributed by atoms with Gasteiger partial charge in [0.25, 0.3) is 10.1 Å². The zero-order valence-electron chi connectivity index (χ0n) is 28.9. The van der Waals surface area contributed by atoms with Crippen LogP contribution in [0.3, 0.4) is 0 Å². The minimum Gasteiger partial charge on any atom is -0.872 e. The minimum absolute atomic E-state index is 0. The number of benzene rings is 2. The summed E-state index contributed by atoms with van der Waals surface area (Å²) in [6.07, 6.45) is 26.1. The van der Waals surface area contributed by atoms with Gasteiger partial charge >= 0.3 is 37.7 Å². The molecule has 2 aromatic rings. The Hall–Kier alpha value is -0.880. The van der Waals surface area contributed by atoms with Crippen molar-refractivity contribution in [1.29, 1.82) is 0 Å². The van der Waals surface area contributed by atoms with E-state index in [1.807, 2.05) is 0 Å². The Kier molecular flexibility index (Phi) is 26.4. The third kappa shape index (κ3) is 24.0. The van der Waals surface area contributed by atoms with Gasteiger partial charge in [0.15, 0.2) is 0 Å². The molecule has 2 aromatic carbocycles. The van der Waals surface area contributed by atoms with Crippen molar-refractivity contribution in [2.75, 3.05) is 0 Å². The van der Waals surface area contributed by atoms with Gasteiger partial charge < -0.3 is 14.8 Å². The maximum atomic E-state index is 11.4. The maximum Gasteiger partial charge on any atom is 2.00 e. The molecule has 0 heterocycles. The van der Waals surface area contributed by atoms with Crippen LogP contribution < -0.4 is 5.11 Å². The summed E-state index contributed by atoms with van der Waals surface area (Å²) >= 11 is 0. The molecule has 0 fully saturated rings. The average molecular weight is 723 g/mol. The molecule has 47 heavy (non-hydrogen) atoms. The minimum atomic E-state index is -4.55. The number of rotatable bonds is 24. The predicted molar refractivity (Wildman–Crippen MR) is 189 cm³/mol. The van der Waals surface area contributed by atoms with Gasteiger partial charge in [-0.05, 0) is 55.0 Å². The monoisotopic (exact) mass is 722 g/mol. The molecule has 2 rings (SSSR count). The summed E-state index contributed by atoms with van der Waals surface area (Å²) in [5.41, 5.74) is 1.39. The molecule has 0 radical (unpaired) electrons. The standard InChI is InChI=1S/2C18H30O4S.Ca/c2*1-2-3-4-5-6-7-8-9-10-11-12-16-13-17(19)15-18(14-16)23(20,21)22;/h2*13-15,19H,2-12H2,1H3,(H,20,21,22);/q;;+2/p-2. The Labute approximate surface area is 315 Å². The van der Waals surface area contributed by atoms with Crippen LogP contribution in [-0.4, -0.2) is 68.8 Å². The SMILES string of the molecule is CCCCCCCCCCCCc1cc(O)cc(S(=O)(=O)O)c1.CCCCCCCCCCCCc1cc([O-])cc(S(=O)(=O)[O-])c1.[Ca+2]. The second-order valence-electron chi connectivity index (χ2n) is 12.4. The molecule has 0 aliphatic carbocycles. The van der Waals surface area contributed by atoms with E-state index in [1.54, 1.807) is 6.07 Å². The van der Waals surface area contributed by atoms with E-state index in [4.69, 9.17) is 4.55 Å². The number of hydrogen-bond donors (Lipinski definition) is 2. The fraction of sp³-hybridized carbons (Fsp3) is 0.667. The van der Waals surface area contributed by atoms with Crippen molar-refractivity contribution in [2.45, 2.75) is 165 Å². The van der Waals surface area contributed by atoms with Gasteiger partial charge in [-0.1, -0.05) is 142 Å². The smallest absolute Gasteiger partial charge is 0.872 e. The van der Waals surface area contributed by atoms with Gasteiger partial charge in [-0.25, -0.2) is 8.42 Å². The Morgan fingerprint density at radius 3 is 1.28 bits per heavy atom. The summed E-state index contributed by atoms with van der Waals surface area (Å²) in [4.78, 5) is -0.647. The Bertz CT molecular complexity index is 1210. The summed E-state index contributed by atoms with van der Waals surface area (Å²) in [5, 5.41) is 21.0. The predicted octanol–water partition coefficient (Wildman–Crippen LogP) is 8.85. The van der Waals surface area contributed by atoms with Crippen molar-refractivity contribution in [2.24, 2.45) is 0 Å². The van der Waals surface area contributed by atoms with Gasteiger partial charge in [-0.15, -0.1) is 5.75 Å². The molecule has 0 bridgehead atoms. The van der Waals surface area contributed by atoms with E-state index < -0.39 is 30.9 Å². The number of aromatic hydroxyl groups is 1. The van der Waals surface area contributed by atoms with Crippen LogP contribution in [-0.2, 0) is 33.1 Å². The first-order valence-electron chi connectivity index (χ1n) is 17.4. The molecule has 0 amide bonds. The third-order valence-corrected chi connectivity index (χ3v) is 9.76. The summed E-state index contributed by atoms with van der Waals surface area (Å²) in [5.74, 6) is -0.536. The van der Waals surface area contributed by atoms with Crippen LogP contribution in [0.5, 0.6) is 11.5 Å². The maximum absolute atomic E-state index is 11.4. The molecular weight excluding hydrogens is 665 g/mol. The van der Waals surface area contributed by atoms with E-state index in [1.165, 1.54) is 115 Å². The zero-order chi connectivity index (χ0) is 34.3. The summed E-state index contributed by atoms with van der Waals surface area (Å²) in [6.45, 7) is 4.45. The van der Waals surface area contributed by atoms with Crippen molar-refractivity contribution in [3.63, 3.8) is 0 Å². The van der Waals surface area contributed by atoms with Gasteiger partial charge in [-0.3, -0.25) is 4.55 Å². The third-order valence-electron chi connectivity index (χ3n) is 8.12. The number of phenolic OH excluding ortho intramolecular Hbond substituents is 1. The number of unbranched alkanes of at least 4 members (excludes halogenated alkanes) is 18.